The molecule has 0 spiro atoms. The van der Waals surface area contributed by atoms with Gasteiger partial charge in [0.05, 0.1) is 24.4 Å². The lowest BCUT2D eigenvalue weighted by Crippen LogP contribution is -2.36. The molecule has 0 radical (unpaired) electrons. The molecule has 5 nitrogen and oxygen atoms in total. The standard InChI is InChI=1S/C16H21FN4OS/c1-10-15(23-11(2)21-10)9-20-16(18-3)19-8-12-5-6-14(22-4)13(17)7-12/h5-7H,8-9H2,1-4H3,(H2,18,19,20). The minimum atomic E-state index is -0.370. The normalized spacial score (nSPS) is 11.4. The summed E-state index contributed by atoms with van der Waals surface area (Å²) in [5.41, 5.74) is 1.85. The zero-order valence-corrected chi connectivity index (χ0v) is 14.6. The molecule has 2 rings (SSSR count). The lowest BCUT2D eigenvalue weighted by molar-refractivity contribution is 0.386. The second kappa shape index (κ2) is 7.92. The van der Waals surface area contributed by atoms with Crippen LogP contribution in [-0.2, 0) is 13.1 Å². The van der Waals surface area contributed by atoms with Crippen LogP contribution in [0.1, 0.15) is 21.1 Å². The fourth-order valence-electron chi connectivity index (χ4n) is 2.13. The van der Waals surface area contributed by atoms with Crippen molar-refractivity contribution in [3.8, 4) is 5.75 Å². The highest BCUT2D eigenvalue weighted by Gasteiger charge is 2.07. The Morgan fingerprint density at radius 2 is 2.04 bits per heavy atom. The number of benzene rings is 1. The van der Waals surface area contributed by atoms with Gasteiger partial charge in [-0.1, -0.05) is 6.07 Å². The second-order valence-electron chi connectivity index (χ2n) is 4.99. The molecule has 1 aromatic carbocycles. The van der Waals surface area contributed by atoms with Gasteiger partial charge in [-0.15, -0.1) is 11.3 Å². The average Bonchev–Trinajstić information content (AvgIpc) is 2.85. The average molecular weight is 336 g/mol. The first kappa shape index (κ1) is 17.2. The lowest BCUT2D eigenvalue weighted by Gasteiger charge is -2.12. The van der Waals surface area contributed by atoms with E-state index < -0.39 is 0 Å². The Morgan fingerprint density at radius 1 is 1.30 bits per heavy atom. The molecule has 0 unspecified atom stereocenters. The SMILES string of the molecule is CN=C(NCc1ccc(OC)c(F)c1)NCc1sc(C)nc1C. The van der Waals surface area contributed by atoms with Crippen molar-refractivity contribution in [3.63, 3.8) is 0 Å². The van der Waals surface area contributed by atoms with Gasteiger partial charge in [0.25, 0.3) is 0 Å². The lowest BCUT2D eigenvalue weighted by atomic mass is 10.2. The van der Waals surface area contributed by atoms with Crippen molar-refractivity contribution in [3.05, 3.63) is 45.2 Å². The molecule has 7 heteroatoms. The largest absolute Gasteiger partial charge is 0.494 e. The molecule has 23 heavy (non-hydrogen) atoms. The third-order valence-corrected chi connectivity index (χ3v) is 4.39. The molecule has 2 N–H and O–H groups in total. The summed E-state index contributed by atoms with van der Waals surface area (Å²) >= 11 is 1.67. The number of hydrogen-bond donors (Lipinski definition) is 2. The van der Waals surface area contributed by atoms with Gasteiger partial charge in [-0.2, -0.15) is 0 Å². The monoisotopic (exact) mass is 336 g/mol. The highest BCUT2D eigenvalue weighted by molar-refractivity contribution is 7.11. The summed E-state index contributed by atoms with van der Waals surface area (Å²) in [5, 5.41) is 7.45. The Morgan fingerprint density at radius 3 is 2.61 bits per heavy atom. The quantitative estimate of drug-likeness (QED) is 0.651. The molecule has 1 aromatic heterocycles. The van der Waals surface area contributed by atoms with Gasteiger partial charge < -0.3 is 15.4 Å². The van der Waals surface area contributed by atoms with Gasteiger partial charge >= 0.3 is 0 Å². The molecular weight excluding hydrogens is 315 g/mol. The molecule has 0 aliphatic rings. The predicted molar refractivity (Wildman–Crippen MR) is 91.6 cm³/mol. The first-order valence-corrected chi connectivity index (χ1v) is 8.05. The number of hydrogen-bond acceptors (Lipinski definition) is 4. The maximum Gasteiger partial charge on any atom is 0.191 e. The number of nitrogens with zero attached hydrogens (tertiary/aromatic N) is 2. The molecule has 124 valence electrons. The molecule has 2 aromatic rings. The van der Waals surface area contributed by atoms with Crippen LogP contribution in [0, 0.1) is 19.7 Å². The fraction of sp³-hybridized carbons (Fsp3) is 0.375. The topological polar surface area (TPSA) is 58.5 Å². The van der Waals surface area contributed by atoms with E-state index in [0.29, 0.717) is 19.0 Å². The van der Waals surface area contributed by atoms with Crippen LogP contribution in [0.5, 0.6) is 5.75 Å². The highest BCUT2D eigenvalue weighted by atomic mass is 32.1. The maximum atomic E-state index is 13.7. The summed E-state index contributed by atoms with van der Waals surface area (Å²) in [6, 6.07) is 4.89. The van der Waals surface area contributed by atoms with Gasteiger partial charge in [-0.3, -0.25) is 4.99 Å². The summed E-state index contributed by atoms with van der Waals surface area (Å²) in [6.45, 7) is 5.12. The number of aryl methyl sites for hydroxylation is 2. The van der Waals surface area contributed by atoms with E-state index in [2.05, 4.69) is 20.6 Å². The van der Waals surface area contributed by atoms with Crippen molar-refractivity contribution in [2.45, 2.75) is 26.9 Å². The molecule has 0 atom stereocenters. The minimum absolute atomic E-state index is 0.243. The zero-order chi connectivity index (χ0) is 16.8. The Hall–Kier alpha value is -2.15. The first-order valence-electron chi connectivity index (χ1n) is 7.23. The number of halogens is 1. The third-order valence-electron chi connectivity index (χ3n) is 3.32. The zero-order valence-electron chi connectivity index (χ0n) is 13.7. The molecule has 0 saturated carbocycles. The number of methoxy groups -OCH3 is 1. The number of ether oxygens (including phenoxy) is 1. The minimum Gasteiger partial charge on any atom is -0.494 e. The van der Waals surface area contributed by atoms with Crippen LogP contribution in [-0.4, -0.2) is 25.1 Å². The Bertz CT molecular complexity index is 699. The number of guanidine groups is 1. The van der Waals surface area contributed by atoms with E-state index in [1.165, 1.54) is 18.1 Å². The van der Waals surface area contributed by atoms with E-state index >= 15 is 0 Å². The van der Waals surface area contributed by atoms with E-state index in [1.807, 2.05) is 19.9 Å². The van der Waals surface area contributed by atoms with Gasteiger partial charge in [-0.05, 0) is 31.5 Å². The molecular formula is C16H21FN4OS. The molecule has 0 aliphatic heterocycles. The molecule has 0 fully saturated rings. The van der Waals surface area contributed by atoms with E-state index in [9.17, 15) is 4.39 Å². The Labute approximate surface area is 139 Å². The van der Waals surface area contributed by atoms with Crippen LogP contribution in [0.3, 0.4) is 0 Å². The van der Waals surface area contributed by atoms with Crippen molar-refractivity contribution in [2.75, 3.05) is 14.2 Å². The number of rotatable bonds is 5. The van der Waals surface area contributed by atoms with E-state index in [4.69, 9.17) is 4.74 Å². The third kappa shape index (κ3) is 4.66. The van der Waals surface area contributed by atoms with Gasteiger partial charge in [0.1, 0.15) is 0 Å². The number of thiazole rings is 1. The van der Waals surface area contributed by atoms with Gasteiger partial charge in [0, 0.05) is 18.5 Å². The van der Waals surface area contributed by atoms with Crippen LogP contribution in [0.4, 0.5) is 4.39 Å². The molecule has 0 bridgehead atoms. The van der Waals surface area contributed by atoms with Crippen LogP contribution < -0.4 is 15.4 Å². The van der Waals surface area contributed by atoms with Crippen molar-refractivity contribution in [1.82, 2.24) is 15.6 Å². The molecule has 0 aliphatic carbocycles. The van der Waals surface area contributed by atoms with Crippen molar-refractivity contribution < 1.29 is 9.13 Å². The van der Waals surface area contributed by atoms with Gasteiger partial charge in [0.2, 0.25) is 0 Å². The highest BCUT2D eigenvalue weighted by Crippen LogP contribution is 2.18. The summed E-state index contributed by atoms with van der Waals surface area (Å²) in [6.07, 6.45) is 0. The summed E-state index contributed by atoms with van der Waals surface area (Å²) in [4.78, 5) is 9.75. The predicted octanol–water partition coefficient (Wildman–Crippen LogP) is 2.77. The van der Waals surface area contributed by atoms with Crippen molar-refractivity contribution in [2.24, 2.45) is 4.99 Å². The van der Waals surface area contributed by atoms with Crippen LogP contribution >= 0.6 is 11.3 Å². The molecule has 0 saturated heterocycles. The smallest absolute Gasteiger partial charge is 0.191 e. The Kier molecular flexibility index (Phi) is 5.92. The summed E-state index contributed by atoms with van der Waals surface area (Å²) in [5.74, 6) is 0.532. The van der Waals surface area contributed by atoms with Gasteiger partial charge in [-0.25, -0.2) is 9.37 Å². The number of aliphatic imine (C=N–C) groups is 1. The van der Waals surface area contributed by atoms with E-state index in [1.54, 1.807) is 24.5 Å². The van der Waals surface area contributed by atoms with Crippen LogP contribution in [0.25, 0.3) is 0 Å². The van der Waals surface area contributed by atoms with E-state index in [0.717, 1.165) is 16.3 Å². The molecule has 1 heterocycles. The maximum absolute atomic E-state index is 13.7. The molecule has 0 amide bonds. The summed E-state index contributed by atoms with van der Waals surface area (Å²) in [7, 11) is 3.15. The van der Waals surface area contributed by atoms with Crippen LogP contribution in [0.15, 0.2) is 23.2 Å². The Balaban J connectivity index is 1.90. The summed E-state index contributed by atoms with van der Waals surface area (Å²) < 4.78 is 18.6. The van der Waals surface area contributed by atoms with E-state index in [-0.39, 0.29) is 11.6 Å². The van der Waals surface area contributed by atoms with Crippen molar-refractivity contribution in [1.29, 1.82) is 0 Å². The number of nitrogens with one attached hydrogen (secondary N) is 2. The van der Waals surface area contributed by atoms with Crippen LogP contribution in [0.2, 0.25) is 0 Å². The van der Waals surface area contributed by atoms with Gasteiger partial charge in [0.15, 0.2) is 17.5 Å². The number of aromatic nitrogens is 1. The first-order chi connectivity index (χ1) is 11.0. The second-order valence-corrected chi connectivity index (χ2v) is 6.28. The fourth-order valence-corrected chi connectivity index (χ4v) is 3.00. The van der Waals surface area contributed by atoms with Crippen molar-refractivity contribution >= 4 is 17.3 Å².